The Morgan fingerprint density at radius 1 is 1.08 bits per heavy atom. The Morgan fingerprint density at radius 2 is 1.81 bits per heavy atom. The van der Waals surface area contributed by atoms with Crippen molar-refractivity contribution in [3.05, 3.63) is 59.9 Å². The highest BCUT2D eigenvalue weighted by molar-refractivity contribution is 5.83. The number of hydrogen-bond donors (Lipinski definition) is 0. The molecule has 136 valence electrons. The molecule has 0 N–H and O–H groups in total. The van der Waals surface area contributed by atoms with Crippen molar-refractivity contribution in [2.75, 3.05) is 37.7 Å². The summed E-state index contributed by atoms with van der Waals surface area (Å²) in [7, 11) is 0. The van der Waals surface area contributed by atoms with Crippen LogP contribution in [-0.2, 0) is 16.1 Å². The van der Waals surface area contributed by atoms with Crippen LogP contribution in [0.3, 0.4) is 0 Å². The average molecular weight is 356 g/mol. The molecule has 0 radical (unpaired) electrons. The van der Waals surface area contributed by atoms with Crippen molar-refractivity contribution >= 4 is 11.6 Å². The molecule has 0 bridgehead atoms. The molecular weight excluding hydrogens is 335 g/mol. The van der Waals surface area contributed by atoms with E-state index in [-0.39, 0.29) is 11.7 Å². The van der Waals surface area contributed by atoms with Gasteiger partial charge in [0, 0.05) is 25.2 Å². The second-order valence-corrected chi connectivity index (χ2v) is 6.48. The molecular formula is C20H21FN2O3. The normalized spacial score (nSPS) is 19.7. The van der Waals surface area contributed by atoms with Crippen LogP contribution in [0.1, 0.15) is 5.56 Å². The number of benzene rings is 2. The molecule has 0 aliphatic carbocycles. The molecule has 6 heteroatoms. The molecule has 2 aliphatic rings. The Bertz CT molecular complexity index is 792. The minimum atomic E-state index is -0.602. The van der Waals surface area contributed by atoms with E-state index in [2.05, 4.69) is 0 Å². The molecule has 0 saturated carbocycles. The second-order valence-electron chi connectivity index (χ2n) is 6.48. The lowest BCUT2D eigenvalue weighted by molar-refractivity contribution is -0.142. The van der Waals surface area contributed by atoms with Crippen LogP contribution in [-0.4, -0.2) is 49.8 Å². The van der Waals surface area contributed by atoms with Crippen molar-refractivity contribution in [3.63, 3.8) is 0 Å². The minimum Gasteiger partial charge on any atom is -0.477 e. The molecule has 26 heavy (non-hydrogen) atoms. The smallest absolute Gasteiger partial charge is 0.265 e. The zero-order valence-electron chi connectivity index (χ0n) is 14.4. The zero-order valence-corrected chi connectivity index (χ0v) is 14.4. The number of morpholine rings is 1. The van der Waals surface area contributed by atoms with Gasteiger partial charge in [-0.05, 0) is 18.2 Å². The van der Waals surface area contributed by atoms with Crippen LogP contribution in [0.2, 0.25) is 0 Å². The van der Waals surface area contributed by atoms with Crippen molar-refractivity contribution in [1.82, 2.24) is 4.90 Å². The van der Waals surface area contributed by atoms with E-state index in [0.29, 0.717) is 50.7 Å². The fraction of sp³-hybridized carbons (Fsp3) is 0.350. The number of fused-ring (bicyclic) bond motifs is 1. The molecule has 1 saturated heterocycles. The van der Waals surface area contributed by atoms with Gasteiger partial charge in [0.15, 0.2) is 6.10 Å². The third kappa shape index (κ3) is 3.37. The quantitative estimate of drug-likeness (QED) is 0.847. The summed E-state index contributed by atoms with van der Waals surface area (Å²) in [5, 5.41) is 0. The fourth-order valence-electron chi connectivity index (χ4n) is 3.40. The minimum absolute atomic E-state index is 0.0404. The topological polar surface area (TPSA) is 42.0 Å². The van der Waals surface area contributed by atoms with Gasteiger partial charge in [-0.1, -0.05) is 30.3 Å². The van der Waals surface area contributed by atoms with Gasteiger partial charge in [-0.25, -0.2) is 4.39 Å². The van der Waals surface area contributed by atoms with Crippen molar-refractivity contribution < 1.29 is 18.7 Å². The number of anilines is 1. The van der Waals surface area contributed by atoms with Gasteiger partial charge in [0.25, 0.3) is 5.91 Å². The number of carbonyl (C=O) groups is 1. The number of para-hydroxylation sites is 2. The van der Waals surface area contributed by atoms with Crippen LogP contribution in [0.5, 0.6) is 5.75 Å². The summed E-state index contributed by atoms with van der Waals surface area (Å²) >= 11 is 0. The molecule has 1 fully saturated rings. The molecule has 2 heterocycles. The molecule has 1 atom stereocenters. The average Bonchev–Trinajstić information content (AvgIpc) is 2.69. The van der Waals surface area contributed by atoms with E-state index >= 15 is 0 Å². The van der Waals surface area contributed by atoms with Gasteiger partial charge in [0.2, 0.25) is 0 Å². The Morgan fingerprint density at radius 3 is 2.62 bits per heavy atom. The molecule has 4 rings (SSSR count). The number of amides is 1. The number of halogens is 1. The summed E-state index contributed by atoms with van der Waals surface area (Å²) in [6.45, 7) is 3.03. The van der Waals surface area contributed by atoms with Crippen LogP contribution in [0.15, 0.2) is 48.5 Å². The maximum atomic E-state index is 14.1. The summed E-state index contributed by atoms with van der Waals surface area (Å²) in [5.41, 5.74) is 1.48. The van der Waals surface area contributed by atoms with Crippen molar-refractivity contribution in [3.8, 4) is 5.75 Å². The van der Waals surface area contributed by atoms with E-state index in [0.717, 1.165) is 5.69 Å². The Balaban J connectivity index is 1.58. The number of nitrogens with zero attached hydrogens (tertiary/aromatic N) is 2. The van der Waals surface area contributed by atoms with E-state index in [1.165, 1.54) is 6.07 Å². The van der Waals surface area contributed by atoms with E-state index in [9.17, 15) is 9.18 Å². The summed E-state index contributed by atoms with van der Waals surface area (Å²) in [6.07, 6.45) is -0.602. The molecule has 5 nitrogen and oxygen atoms in total. The van der Waals surface area contributed by atoms with Gasteiger partial charge in [-0.15, -0.1) is 0 Å². The summed E-state index contributed by atoms with van der Waals surface area (Å²) in [6, 6.07) is 14.3. The molecule has 1 amide bonds. The first-order chi connectivity index (χ1) is 12.7. The van der Waals surface area contributed by atoms with Gasteiger partial charge in [-0.3, -0.25) is 4.79 Å². The maximum absolute atomic E-state index is 14.1. The Kier molecular flexibility index (Phi) is 4.75. The maximum Gasteiger partial charge on any atom is 0.265 e. The van der Waals surface area contributed by atoms with Crippen molar-refractivity contribution in [2.45, 2.75) is 12.6 Å². The lowest BCUT2D eigenvalue weighted by atomic mass is 10.1. The van der Waals surface area contributed by atoms with Crippen LogP contribution in [0, 0.1) is 5.82 Å². The van der Waals surface area contributed by atoms with Gasteiger partial charge < -0.3 is 19.3 Å². The lowest BCUT2D eigenvalue weighted by Gasteiger charge is -2.38. The highest BCUT2D eigenvalue weighted by Gasteiger charge is 2.34. The van der Waals surface area contributed by atoms with Crippen LogP contribution in [0.25, 0.3) is 0 Å². The summed E-state index contributed by atoms with van der Waals surface area (Å²) in [5.74, 6) is 0.371. The molecule has 2 aromatic rings. The SMILES string of the molecule is O=C([C@@H]1CN(Cc2ccccc2F)c2ccccc2O1)N1CCOCC1. The number of ether oxygens (including phenoxy) is 2. The van der Waals surface area contributed by atoms with Crippen LogP contribution >= 0.6 is 0 Å². The van der Waals surface area contributed by atoms with E-state index in [1.54, 1.807) is 17.0 Å². The third-order valence-electron chi connectivity index (χ3n) is 4.78. The molecule has 2 aliphatic heterocycles. The fourth-order valence-corrected chi connectivity index (χ4v) is 3.40. The second kappa shape index (κ2) is 7.33. The first kappa shape index (κ1) is 16.8. The van der Waals surface area contributed by atoms with Crippen molar-refractivity contribution in [2.24, 2.45) is 0 Å². The molecule has 0 spiro atoms. The van der Waals surface area contributed by atoms with Gasteiger partial charge in [0.05, 0.1) is 25.4 Å². The van der Waals surface area contributed by atoms with Gasteiger partial charge in [-0.2, -0.15) is 0 Å². The molecule has 0 unspecified atom stereocenters. The summed E-state index contributed by atoms with van der Waals surface area (Å²) < 4.78 is 25.4. The van der Waals surface area contributed by atoms with Crippen molar-refractivity contribution in [1.29, 1.82) is 0 Å². The van der Waals surface area contributed by atoms with E-state index in [1.807, 2.05) is 35.2 Å². The Hall–Kier alpha value is -2.60. The zero-order chi connectivity index (χ0) is 17.9. The highest BCUT2D eigenvalue weighted by Crippen LogP contribution is 2.34. The van der Waals surface area contributed by atoms with E-state index in [4.69, 9.17) is 9.47 Å². The Labute approximate surface area is 151 Å². The predicted molar refractivity (Wildman–Crippen MR) is 95.7 cm³/mol. The standard InChI is InChI=1S/C20H21FN2O3/c21-16-6-2-1-5-15(16)13-23-14-19(20(24)22-9-11-25-12-10-22)26-18-8-4-3-7-17(18)23/h1-8,19H,9-14H2/t19-/m0/s1. The summed E-state index contributed by atoms with van der Waals surface area (Å²) in [4.78, 5) is 16.7. The largest absolute Gasteiger partial charge is 0.477 e. The lowest BCUT2D eigenvalue weighted by Crippen LogP contribution is -2.52. The first-order valence-electron chi connectivity index (χ1n) is 8.83. The van der Waals surface area contributed by atoms with Crippen LogP contribution < -0.4 is 9.64 Å². The molecule has 0 aromatic heterocycles. The van der Waals surface area contributed by atoms with Crippen LogP contribution in [0.4, 0.5) is 10.1 Å². The highest BCUT2D eigenvalue weighted by atomic mass is 19.1. The predicted octanol–water partition coefficient (Wildman–Crippen LogP) is 2.45. The monoisotopic (exact) mass is 356 g/mol. The first-order valence-corrected chi connectivity index (χ1v) is 8.83. The van der Waals surface area contributed by atoms with Gasteiger partial charge in [0.1, 0.15) is 11.6 Å². The third-order valence-corrected chi connectivity index (χ3v) is 4.78. The number of hydrogen-bond acceptors (Lipinski definition) is 4. The van der Waals surface area contributed by atoms with Gasteiger partial charge >= 0.3 is 0 Å². The van der Waals surface area contributed by atoms with E-state index < -0.39 is 6.10 Å². The number of carbonyl (C=O) groups excluding carboxylic acids is 1. The molecule has 2 aromatic carbocycles. The number of rotatable bonds is 3.